The van der Waals surface area contributed by atoms with Crippen molar-refractivity contribution < 1.29 is 0 Å². The summed E-state index contributed by atoms with van der Waals surface area (Å²) in [5.41, 5.74) is 2.72. The molecule has 1 aromatic rings. The van der Waals surface area contributed by atoms with Crippen LogP contribution in [0, 0.1) is 11.8 Å². The molecule has 3 heteroatoms. The molecule has 0 saturated heterocycles. The van der Waals surface area contributed by atoms with Crippen LogP contribution in [0.3, 0.4) is 0 Å². The largest absolute Gasteiger partial charge is 0.249 e. The molecule has 15 heavy (non-hydrogen) atoms. The second-order valence-corrected chi connectivity index (χ2v) is 5.04. The summed E-state index contributed by atoms with van der Waals surface area (Å²) in [7, 11) is 0. The van der Waals surface area contributed by atoms with Crippen LogP contribution in [0.25, 0.3) is 0 Å². The third-order valence-corrected chi connectivity index (χ3v) is 3.93. The Balaban J connectivity index is 1.83. The van der Waals surface area contributed by atoms with Gasteiger partial charge in [0, 0.05) is 6.54 Å². The Labute approximate surface area is 90.9 Å². The summed E-state index contributed by atoms with van der Waals surface area (Å²) >= 11 is 0. The van der Waals surface area contributed by atoms with Crippen molar-refractivity contribution >= 4 is 0 Å². The summed E-state index contributed by atoms with van der Waals surface area (Å²) in [4.78, 5) is 0. The number of fused-ring (bicyclic) bond motifs is 2. The van der Waals surface area contributed by atoms with Crippen molar-refractivity contribution in [2.45, 2.75) is 52.0 Å². The molecule has 0 aliphatic heterocycles. The van der Waals surface area contributed by atoms with Crippen LogP contribution in [0.2, 0.25) is 0 Å². The average molecular weight is 205 g/mol. The van der Waals surface area contributed by atoms with Gasteiger partial charge in [-0.05, 0) is 50.4 Å². The molecule has 2 aliphatic rings. The van der Waals surface area contributed by atoms with E-state index < -0.39 is 0 Å². The maximum atomic E-state index is 4.34. The fraction of sp³-hybridized carbons (Fsp3) is 0.833. The van der Waals surface area contributed by atoms with E-state index in [9.17, 15) is 0 Å². The molecule has 1 fully saturated rings. The first-order chi connectivity index (χ1) is 7.38. The zero-order valence-corrected chi connectivity index (χ0v) is 9.45. The van der Waals surface area contributed by atoms with E-state index in [1.807, 2.05) is 0 Å². The lowest BCUT2D eigenvalue weighted by molar-refractivity contribution is 0.528. The third kappa shape index (κ3) is 1.68. The Hall–Kier alpha value is -0.860. The molecule has 82 valence electrons. The van der Waals surface area contributed by atoms with Crippen molar-refractivity contribution in [2.75, 3.05) is 0 Å². The Kier molecular flexibility index (Phi) is 2.26. The van der Waals surface area contributed by atoms with Crippen LogP contribution in [0.4, 0.5) is 0 Å². The number of rotatable bonds is 2. The van der Waals surface area contributed by atoms with Crippen molar-refractivity contribution in [3.8, 4) is 0 Å². The van der Waals surface area contributed by atoms with E-state index in [-0.39, 0.29) is 0 Å². The van der Waals surface area contributed by atoms with E-state index in [1.54, 1.807) is 0 Å². The average Bonchev–Trinajstić information content (AvgIpc) is 2.84. The first-order valence-corrected chi connectivity index (χ1v) is 6.29. The van der Waals surface area contributed by atoms with Gasteiger partial charge in [0.1, 0.15) is 0 Å². The van der Waals surface area contributed by atoms with E-state index in [1.165, 1.54) is 43.5 Å². The molecule has 0 bridgehead atoms. The molecule has 1 heterocycles. The van der Waals surface area contributed by atoms with Crippen LogP contribution in [0.1, 0.15) is 44.0 Å². The van der Waals surface area contributed by atoms with E-state index in [2.05, 4.69) is 21.9 Å². The number of aromatic nitrogens is 3. The standard InChI is InChI=1S/C12H19N3/c1-2-7-15-12-6-4-10-8-9(10)3-5-11(12)13-14-15/h9-10H,2-8H2,1H3/t9-,10+/m0/s1. The normalized spacial score (nSPS) is 28.9. The molecule has 0 unspecified atom stereocenters. The highest BCUT2D eigenvalue weighted by Gasteiger charge is 2.37. The molecule has 3 nitrogen and oxygen atoms in total. The van der Waals surface area contributed by atoms with E-state index in [4.69, 9.17) is 0 Å². The molecule has 0 N–H and O–H groups in total. The fourth-order valence-corrected chi connectivity index (χ4v) is 2.89. The van der Waals surface area contributed by atoms with Gasteiger partial charge < -0.3 is 0 Å². The zero-order chi connectivity index (χ0) is 10.3. The van der Waals surface area contributed by atoms with Gasteiger partial charge in [0.05, 0.1) is 11.4 Å². The van der Waals surface area contributed by atoms with Crippen molar-refractivity contribution in [2.24, 2.45) is 11.8 Å². The van der Waals surface area contributed by atoms with Crippen LogP contribution in [-0.4, -0.2) is 15.0 Å². The Morgan fingerprint density at radius 1 is 1.27 bits per heavy atom. The first-order valence-electron chi connectivity index (χ1n) is 6.29. The van der Waals surface area contributed by atoms with E-state index in [0.29, 0.717) is 0 Å². The van der Waals surface area contributed by atoms with Gasteiger partial charge in [-0.1, -0.05) is 12.1 Å². The number of nitrogens with zero attached hydrogens (tertiary/aromatic N) is 3. The van der Waals surface area contributed by atoms with E-state index in [0.717, 1.165) is 24.8 Å². The van der Waals surface area contributed by atoms with Gasteiger partial charge in [-0.3, -0.25) is 0 Å². The second kappa shape index (κ2) is 3.62. The van der Waals surface area contributed by atoms with Crippen LogP contribution < -0.4 is 0 Å². The Bertz CT molecular complexity index is 356. The van der Waals surface area contributed by atoms with Crippen molar-refractivity contribution in [1.29, 1.82) is 0 Å². The Morgan fingerprint density at radius 3 is 2.87 bits per heavy atom. The molecule has 2 atom stereocenters. The van der Waals surface area contributed by atoms with Crippen LogP contribution >= 0.6 is 0 Å². The summed E-state index contributed by atoms with van der Waals surface area (Å²) in [5, 5.41) is 8.62. The van der Waals surface area contributed by atoms with Crippen LogP contribution in [-0.2, 0) is 19.4 Å². The zero-order valence-electron chi connectivity index (χ0n) is 9.45. The van der Waals surface area contributed by atoms with E-state index >= 15 is 0 Å². The van der Waals surface area contributed by atoms with Crippen molar-refractivity contribution in [3.63, 3.8) is 0 Å². The molecule has 3 rings (SSSR count). The lowest BCUT2D eigenvalue weighted by Crippen LogP contribution is -2.08. The van der Waals surface area contributed by atoms with Gasteiger partial charge in [0.2, 0.25) is 0 Å². The first kappa shape index (κ1) is 9.37. The topological polar surface area (TPSA) is 30.7 Å². The lowest BCUT2D eigenvalue weighted by atomic mass is 10.0. The monoisotopic (exact) mass is 205 g/mol. The SMILES string of the molecule is CCCn1nnc2c1CC[C@@H]1C[C@@H]1CC2. The quantitative estimate of drug-likeness (QED) is 0.741. The molecule has 2 aliphatic carbocycles. The minimum absolute atomic E-state index is 1.02. The summed E-state index contributed by atoms with van der Waals surface area (Å²) < 4.78 is 2.14. The maximum Gasteiger partial charge on any atom is 0.0859 e. The second-order valence-electron chi connectivity index (χ2n) is 5.04. The summed E-state index contributed by atoms with van der Waals surface area (Å²) in [6.07, 6.45) is 7.73. The van der Waals surface area contributed by atoms with Crippen LogP contribution in [0.15, 0.2) is 0 Å². The van der Waals surface area contributed by atoms with Gasteiger partial charge in [0.15, 0.2) is 0 Å². The molecule has 1 aromatic heterocycles. The molecule has 0 radical (unpaired) electrons. The van der Waals surface area contributed by atoms with Gasteiger partial charge in [-0.2, -0.15) is 0 Å². The third-order valence-electron chi connectivity index (χ3n) is 3.93. The molecular weight excluding hydrogens is 186 g/mol. The highest BCUT2D eigenvalue weighted by atomic mass is 15.4. The van der Waals surface area contributed by atoms with Crippen molar-refractivity contribution in [1.82, 2.24) is 15.0 Å². The number of hydrogen-bond acceptors (Lipinski definition) is 2. The van der Waals surface area contributed by atoms with Gasteiger partial charge in [-0.25, -0.2) is 4.68 Å². The smallest absolute Gasteiger partial charge is 0.0859 e. The minimum atomic E-state index is 1.02. The summed E-state index contributed by atoms with van der Waals surface area (Å²) in [6, 6.07) is 0. The Morgan fingerprint density at radius 2 is 2.07 bits per heavy atom. The number of aryl methyl sites for hydroxylation is 2. The highest BCUT2D eigenvalue weighted by molar-refractivity contribution is 5.13. The predicted octanol–water partition coefficient (Wildman–Crippen LogP) is 2.20. The van der Waals surface area contributed by atoms with Gasteiger partial charge >= 0.3 is 0 Å². The fourth-order valence-electron chi connectivity index (χ4n) is 2.89. The highest BCUT2D eigenvalue weighted by Crippen LogP contribution is 2.46. The van der Waals surface area contributed by atoms with Gasteiger partial charge in [0.25, 0.3) is 0 Å². The molecule has 1 saturated carbocycles. The molecule has 0 aromatic carbocycles. The molecular formula is C12H19N3. The number of hydrogen-bond donors (Lipinski definition) is 0. The molecule has 0 amide bonds. The predicted molar refractivity (Wildman–Crippen MR) is 58.6 cm³/mol. The summed E-state index contributed by atoms with van der Waals surface area (Å²) in [5.74, 6) is 2.05. The van der Waals surface area contributed by atoms with Gasteiger partial charge in [-0.15, -0.1) is 5.10 Å². The maximum absolute atomic E-state index is 4.34. The molecule has 0 spiro atoms. The minimum Gasteiger partial charge on any atom is -0.249 e. The van der Waals surface area contributed by atoms with Crippen molar-refractivity contribution in [3.05, 3.63) is 11.4 Å². The van der Waals surface area contributed by atoms with Crippen LogP contribution in [0.5, 0.6) is 0 Å². The lowest BCUT2D eigenvalue weighted by Gasteiger charge is -2.09. The summed E-state index contributed by atoms with van der Waals surface area (Å²) in [6.45, 7) is 3.24.